The van der Waals surface area contributed by atoms with Gasteiger partial charge in [-0.25, -0.2) is 0 Å². The highest BCUT2D eigenvalue weighted by atomic mass is 35.5. The molecule has 0 saturated heterocycles. The van der Waals surface area contributed by atoms with Gasteiger partial charge in [0.05, 0.1) is 22.5 Å². The summed E-state index contributed by atoms with van der Waals surface area (Å²) in [5.41, 5.74) is 2.15. The number of hydrogen-bond acceptors (Lipinski definition) is 3. The molecule has 19 heavy (non-hydrogen) atoms. The third-order valence-corrected chi connectivity index (χ3v) is 4.20. The fraction of sp³-hybridized carbons (Fsp3) is 0.200. The van der Waals surface area contributed by atoms with Crippen LogP contribution in [-0.2, 0) is 0 Å². The van der Waals surface area contributed by atoms with Crippen LogP contribution in [0.3, 0.4) is 0 Å². The second-order valence-corrected chi connectivity index (χ2v) is 6.16. The molecule has 2 aromatic carbocycles. The SMILES string of the molecule is CC(C)Oc1cc2c(cc1Cl)Nc1ccccc1S2. The molecule has 0 radical (unpaired) electrons. The van der Waals surface area contributed by atoms with Crippen molar-refractivity contribution in [1.82, 2.24) is 0 Å². The maximum Gasteiger partial charge on any atom is 0.139 e. The van der Waals surface area contributed by atoms with Gasteiger partial charge in [0.15, 0.2) is 0 Å². The molecule has 0 spiro atoms. The Labute approximate surface area is 122 Å². The van der Waals surface area contributed by atoms with Crippen molar-refractivity contribution in [2.24, 2.45) is 0 Å². The molecule has 0 amide bonds. The van der Waals surface area contributed by atoms with Crippen molar-refractivity contribution >= 4 is 34.7 Å². The summed E-state index contributed by atoms with van der Waals surface area (Å²) in [6.07, 6.45) is 0.115. The van der Waals surface area contributed by atoms with E-state index in [1.54, 1.807) is 11.8 Å². The molecule has 2 aromatic rings. The first-order valence-corrected chi connectivity index (χ1v) is 7.37. The van der Waals surface area contributed by atoms with E-state index in [0.717, 1.165) is 22.0 Å². The molecule has 1 aliphatic heterocycles. The lowest BCUT2D eigenvalue weighted by Crippen LogP contribution is -2.07. The summed E-state index contributed by atoms with van der Waals surface area (Å²) in [5.74, 6) is 0.740. The second-order valence-electron chi connectivity index (χ2n) is 4.67. The fourth-order valence-electron chi connectivity index (χ4n) is 1.98. The van der Waals surface area contributed by atoms with Gasteiger partial charge in [0.2, 0.25) is 0 Å². The van der Waals surface area contributed by atoms with Crippen LogP contribution in [0.5, 0.6) is 5.75 Å². The molecule has 0 unspecified atom stereocenters. The molecule has 0 aliphatic carbocycles. The molecule has 1 aliphatic rings. The lowest BCUT2D eigenvalue weighted by atomic mass is 10.2. The maximum atomic E-state index is 6.26. The molecule has 0 atom stereocenters. The number of benzene rings is 2. The molecular formula is C15H14ClNOS. The molecule has 1 heterocycles. The molecule has 98 valence electrons. The normalized spacial score (nSPS) is 12.6. The van der Waals surface area contributed by atoms with Gasteiger partial charge in [-0.05, 0) is 38.1 Å². The first-order valence-electron chi connectivity index (χ1n) is 6.17. The standard InChI is InChI=1S/C15H14ClNOS/c1-9(2)18-13-8-15-12(7-10(13)16)17-11-5-3-4-6-14(11)19-15/h3-9,17H,1-2H3. The monoisotopic (exact) mass is 291 g/mol. The number of nitrogens with one attached hydrogen (secondary N) is 1. The molecule has 0 fully saturated rings. The molecule has 0 aromatic heterocycles. The third-order valence-electron chi connectivity index (χ3n) is 2.77. The number of ether oxygens (including phenoxy) is 1. The predicted molar refractivity (Wildman–Crippen MR) is 81.1 cm³/mol. The van der Waals surface area contributed by atoms with E-state index in [9.17, 15) is 0 Å². The zero-order chi connectivity index (χ0) is 13.4. The zero-order valence-electron chi connectivity index (χ0n) is 10.7. The summed E-state index contributed by atoms with van der Waals surface area (Å²) >= 11 is 7.99. The van der Waals surface area contributed by atoms with Crippen molar-refractivity contribution in [3.63, 3.8) is 0 Å². The van der Waals surface area contributed by atoms with Crippen LogP contribution in [0.25, 0.3) is 0 Å². The molecular weight excluding hydrogens is 278 g/mol. The van der Waals surface area contributed by atoms with E-state index < -0.39 is 0 Å². The van der Waals surface area contributed by atoms with E-state index in [-0.39, 0.29) is 6.10 Å². The van der Waals surface area contributed by atoms with E-state index >= 15 is 0 Å². The number of hydrogen-bond donors (Lipinski definition) is 1. The van der Waals surface area contributed by atoms with Crippen LogP contribution in [0.1, 0.15) is 13.8 Å². The van der Waals surface area contributed by atoms with Crippen molar-refractivity contribution in [2.45, 2.75) is 29.7 Å². The van der Waals surface area contributed by atoms with Crippen molar-refractivity contribution in [2.75, 3.05) is 5.32 Å². The molecule has 3 rings (SSSR count). The summed E-state index contributed by atoms with van der Waals surface area (Å²) in [6.45, 7) is 3.99. The van der Waals surface area contributed by atoms with Gasteiger partial charge in [0.25, 0.3) is 0 Å². The van der Waals surface area contributed by atoms with Gasteiger partial charge in [0, 0.05) is 9.79 Å². The van der Waals surface area contributed by atoms with E-state index in [2.05, 4.69) is 17.4 Å². The second kappa shape index (κ2) is 4.99. The van der Waals surface area contributed by atoms with Gasteiger partial charge >= 0.3 is 0 Å². The summed E-state index contributed by atoms with van der Waals surface area (Å²) < 4.78 is 5.73. The smallest absolute Gasteiger partial charge is 0.139 e. The number of para-hydroxylation sites is 1. The van der Waals surface area contributed by atoms with Gasteiger partial charge in [-0.3, -0.25) is 0 Å². The molecule has 1 N–H and O–H groups in total. The fourth-order valence-corrected chi connectivity index (χ4v) is 3.19. The van der Waals surface area contributed by atoms with Crippen LogP contribution in [0.4, 0.5) is 11.4 Å². The molecule has 0 bridgehead atoms. The van der Waals surface area contributed by atoms with E-state index in [1.807, 2.05) is 38.1 Å². The van der Waals surface area contributed by atoms with Crippen LogP contribution in [0, 0.1) is 0 Å². The minimum atomic E-state index is 0.115. The Balaban J connectivity index is 1.99. The average Bonchev–Trinajstić information content (AvgIpc) is 2.37. The minimum absolute atomic E-state index is 0.115. The average molecular weight is 292 g/mol. The van der Waals surface area contributed by atoms with Crippen LogP contribution in [0.15, 0.2) is 46.2 Å². The highest BCUT2D eigenvalue weighted by Crippen LogP contribution is 2.47. The predicted octanol–water partition coefficient (Wildman–Crippen LogP) is 5.34. The Morgan fingerprint density at radius 3 is 2.68 bits per heavy atom. The number of anilines is 2. The van der Waals surface area contributed by atoms with Crippen molar-refractivity contribution < 1.29 is 4.74 Å². The Morgan fingerprint density at radius 2 is 1.89 bits per heavy atom. The van der Waals surface area contributed by atoms with E-state index in [1.165, 1.54) is 4.90 Å². The topological polar surface area (TPSA) is 21.3 Å². The Bertz CT molecular complexity index is 628. The van der Waals surface area contributed by atoms with Gasteiger partial charge < -0.3 is 10.1 Å². The number of halogens is 1. The maximum absolute atomic E-state index is 6.26. The summed E-state index contributed by atoms with van der Waals surface area (Å²) in [6, 6.07) is 12.2. The van der Waals surface area contributed by atoms with Crippen LogP contribution >= 0.6 is 23.4 Å². The summed E-state index contributed by atoms with van der Waals surface area (Å²) in [7, 11) is 0. The number of fused-ring (bicyclic) bond motifs is 2. The van der Waals surface area contributed by atoms with E-state index in [4.69, 9.17) is 16.3 Å². The number of rotatable bonds is 2. The van der Waals surface area contributed by atoms with Gasteiger partial charge in [-0.1, -0.05) is 35.5 Å². The van der Waals surface area contributed by atoms with Crippen LogP contribution < -0.4 is 10.1 Å². The van der Waals surface area contributed by atoms with Gasteiger partial charge in [-0.15, -0.1) is 0 Å². The summed E-state index contributed by atoms with van der Waals surface area (Å²) in [4.78, 5) is 2.35. The van der Waals surface area contributed by atoms with E-state index in [0.29, 0.717) is 5.02 Å². The zero-order valence-corrected chi connectivity index (χ0v) is 12.3. The molecule has 2 nitrogen and oxygen atoms in total. The van der Waals surface area contributed by atoms with Crippen LogP contribution in [0.2, 0.25) is 5.02 Å². The highest BCUT2D eigenvalue weighted by molar-refractivity contribution is 7.99. The van der Waals surface area contributed by atoms with Crippen molar-refractivity contribution in [1.29, 1.82) is 0 Å². The van der Waals surface area contributed by atoms with Crippen molar-refractivity contribution in [3.05, 3.63) is 41.4 Å². The van der Waals surface area contributed by atoms with Gasteiger partial charge in [-0.2, -0.15) is 0 Å². The molecule has 0 saturated carbocycles. The van der Waals surface area contributed by atoms with Gasteiger partial charge in [0.1, 0.15) is 5.75 Å². The first kappa shape index (κ1) is 12.7. The largest absolute Gasteiger partial charge is 0.489 e. The molecule has 4 heteroatoms. The quantitative estimate of drug-likeness (QED) is 0.689. The lowest BCUT2D eigenvalue weighted by molar-refractivity contribution is 0.242. The minimum Gasteiger partial charge on any atom is -0.489 e. The lowest BCUT2D eigenvalue weighted by Gasteiger charge is -2.22. The summed E-state index contributed by atoms with van der Waals surface area (Å²) in [5, 5.41) is 4.04. The van der Waals surface area contributed by atoms with Crippen LogP contribution in [-0.4, -0.2) is 6.10 Å². The highest BCUT2D eigenvalue weighted by Gasteiger charge is 2.18. The third kappa shape index (κ3) is 2.53. The Morgan fingerprint density at radius 1 is 1.11 bits per heavy atom. The first-order chi connectivity index (χ1) is 9.13. The van der Waals surface area contributed by atoms with Crippen molar-refractivity contribution in [3.8, 4) is 5.75 Å². The Hall–Kier alpha value is -1.32. The Kier molecular flexibility index (Phi) is 3.33.